The molecular weight excluding hydrogens is 297 g/mol. The topological polar surface area (TPSA) is 43.6 Å². The van der Waals surface area contributed by atoms with Gasteiger partial charge in [0, 0.05) is 11.9 Å². The summed E-state index contributed by atoms with van der Waals surface area (Å²) in [4.78, 5) is 15.0. The van der Waals surface area contributed by atoms with E-state index in [0.717, 1.165) is 17.7 Å². The number of nitrogens with zero attached hydrogens (tertiary/aromatic N) is 2. The van der Waals surface area contributed by atoms with E-state index in [2.05, 4.69) is 9.73 Å². The highest BCUT2D eigenvalue weighted by Crippen LogP contribution is 2.30. The van der Waals surface area contributed by atoms with Gasteiger partial charge < -0.3 is 9.30 Å². The van der Waals surface area contributed by atoms with Gasteiger partial charge in [-0.05, 0) is 36.8 Å². The quantitative estimate of drug-likeness (QED) is 0.809. The van der Waals surface area contributed by atoms with Gasteiger partial charge in [0.05, 0.1) is 12.7 Å². The molecule has 0 spiro atoms. The van der Waals surface area contributed by atoms with E-state index >= 15 is 0 Å². The first-order valence-corrected chi connectivity index (χ1v) is 6.31. The van der Waals surface area contributed by atoms with Crippen LogP contribution in [-0.4, -0.2) is 17.8 Å². The Kier molecular flexibility index (Phi) is 4.35. The molecule has 0 saturated heterocycles. The minimum absolute atomic E-state index is 0.178. The number of rotatable bonds is 1. The summed E-state index contributed by atoms with van der Waals surface area (Å²) in [6, 6.07) is 8.02. The number of alkyl halides is 3. The molecule has 0 unspecified atom stereocenters. The lowest BCUT2D eigenvalue weighted by Gasteiger charge is -2.12. The van der Waals surface area contributed by atoms with Gasteiger partial charge in [-0.1, -0.05) is 12.1 Å². The van der Waals surface area contributed by atoms with E-state index in [1.54, 1.807) is 19.2 Å². The number of hydrogen-bond donors (Lipinski definition) is 0. The lowest BCUT2D eigenvalue weighted by atomic mass is 10.2. The maximum atomic E-state index is 12.8. The summed E-state index contributed by atoms with van der Waals surface area (Å²) in [5.41, 5.74) is 0.460. The molecule has 0 radical (unpaired) electrons. The third-order valence-electron chi connectivity index (χ3n) is 2.91. The molecule has 2 aromatic rings. The fourth-order valence-electron chi connectivity index (χ4n) is 1.87. The molecule has 0 bridgehead atoms. The van der Waals surface area contributed by atoms with Crippen molar-refractivity contribution < 1.29 is 22.7 Å². The van der Waals surface area contributed by atoms with Crippen LogP contribution >= 0.6 is 0 Å². The van der Waals surface area contributed by atoms with E-state index in [1.165, 1.54) is 29.9 Å². The molecule has 0 fully saturated rings. The van der Waals surface area contributed by atoms with Gasteiger partial charge in [0.15, 0.2) is 0 Å². The molecule has 0 aliphatic carbocycles. The van der Waals surface area contributed by atoms with Crippen molar-refractivity contribution in [1.82, 2.24) is 4.57 Å². The minimum atomic E-state index is -4.44. The third kappa shape index (κ3) is 3.55. The number of hydrogen-bond acceptors (Lipinski definition) is 2. The maximum absolute atomic E-state index is 12.8. The molecule has 0 aliphatic rings. The second-order valence-electron chi connectivity index (χ2n) is 4.56. The van der Waals surface area contributed by atoms with Crippen LogP contribution in [0.2, 0.25) is 0 Å². The molecular formula is C15H13F3N2O2. The number of methoxy groups -OCH3 is 1. The Hall–Kier alpha value is -2.57. The number of pyridine rings is 1. The van der Waals surface area contributed by atoms with Gasteiger partial charge in [-0.2, -0.15) is 18.2 Å². The normalized spacial score (nSPS) is 12.3. The van der Waals surface area contributed by atoms with Crippen LogP contribution in [-0.2, 0) is 10.9 Å². The summed E-state index contributed by atoms with van der Waals surface area (Å²) in [5, 5.41) is 0. The Labute approximate surface area is 124 Å². The maximum Gasteiger partial charge on any atom is 0.435 e. The van der Waals surface area contributed by atoms with Crippen LogP contribution in [0.1, 0.15) is 11.1 Å². The minimum Gasteiger partial charge on any atom is -0.451 e. The monoisotopic (exact) mass is 310 g/mol. The lowest BCUT2D eigenvalue weighted by molar-refractivity contribution is -0.137. The zero-order valence-electron chi connectivity index (χ0n) is 11.9. The van der Waals surface area contributed by atoms with Gasteiger partial charge in [0.2, 0.25) is 0 Å². The summed E-state index contributed by atoms with van der Waals surface area (Å²) < 4.78 is 44.3. The fraction of sp³-hybridized carbons (Fsp3) is 0.200. The molecule has 116 valence electrons. The van der Waals surface area contributed by atoms with Crippen molar-refractivity contribution in [3.05, 3.63) is 59.2 Å². The molecule has 1 heterocycles. The second-order valence-corrected chi connectivity index (χ2v) is 4.56. The molecule has 7 heteroatoms. The van der Waals surface area contributed by atoms with Crippen LogP contribution in [0, 0.1) is 6.92 Å². The Morgan fingerprint density at radius 2 is 1.95 bits per heavy atom. The first-order chi connectivity index (χ1) is 10.3. The highest BCUT2D eigenvalue weighted by atomic mass is 19.4. The summed E-state index contributed by atoms with van der Waals surface area (Å²) in [7, 11) is 1.18. The highest BCUT2D eigenvalue weighted by molar-refractivity contribution is 5.67. The van der Waals surface area contributed by atoms with Gasteiger partial charge in [0.1, 0.15) is 5.49 Å². The van der Waals surface area contributed by atoms with Gasteiger partial charge in [-0.25, -0.2) is 4.79 Å². The van der Waals surface area contributed by atoms with E-state index in [-0.39, 0.29) is 11.2 Å². The lowest BCUT2D eigenvalue weighted by Crippen LogP contribution is -2.21. The van der Waals surface area contributed by atoms with Crippen molar-refractivity contribution in [2.45, 2.75) is 13.1 Å². The molecule has 1 amide bonds. The summed E-state index contributed by atoms with van der Waals surface area (Å²) in [6.07, 6.45) is -3.68. The summed E-state index contributed by atoms with van der Waals surface area (Å²) in [5.74, 6) is 0. The van der Waals surface area contributed by atoms with Crippen molar-refractivity contribution in [3.8, 4) is 5.69 Å². The largest absolute Gasteiger partial charge is 0.451 e. The number of ether oxygens (including phenoxy) is 1. The first kappa shape index (κ1) is 15.8. The molecule has 0 saturated carbocycles. The Balaban J connectivity index is 2.64. The molecule has 0 atom stereocenters. The third-order valence-corrected chi connectivity index (χ3v) is 2.91. The van der Waals surface area contributed by atoms with E-state index in [0.29, 0.717) is 0 Å². The van der Waals surface area contributed by atoms with Crippen molar-refractivity contribution in [2.75, 3.05) is 7.11 Å². The predicted octanol–water partition coefficient (Wildman–Crippen LogP) is 3.47. The van der Waals surface area contributed by atoms with Gasteiger partial charge >= 0.3 is 12.3 Å². The van der Waals surface area contributed by atoms with Crippen LogP contribution in [0.15, 0.2) is 47.6 Å². The number of benzene rings is 1. The standard InChI is InChI=1S/C15H13F3N2O2/c1-10-6-7-13(19-14(21)22-2)20(9-10)12-5-3-4-11(8-12)15(16,17)18/h3-9H,1-2H3/b19-13+. The van der Waals surface area contributed by atoms with Crippen LogP contribution in [0.3, 0.4) is 0 Å². The predicted molar refractivity (Wildman–Crippen MR) is 73.5 cm³/mol. The zero-order valence-corrected chi connectivity index (χ0v) is 11.9. The SMILES string of the molecule is COC(=O)/N=c1\ccc(C)cn1-c1cccc(C(F)(F)F)c1. The Bertz CT molecular complexity index is 764. The van der Waals surface area contributed by atoms with Gasteiger partial charge in [-0.3, -0.25) is 0 Å². The molecule has 22 heavy (non-hydrogen) atoms. The number of aryl methyl sites for hydroxylation is 1. The van der Waals surface area contributed by atoms with Gasteiger partial charge in [0.25, 0.3) is 0 Å². The van der Waals surface area contributed by atoms with Gasteiger partial charge in [-0.15, -0.1) is 0 Å². The van der Waals surface area contributed by atoms with E-state index in [1.807, 2.05) is 0 Å². The number of amides is 1. The van der Waals surface area contributed by atoms with Crippen LogP contribution in [0.5, 0.6) is 0 Å². The van der Waals surface area contributed by atoms with Crippen molar-refractivity contribution in [1.29, 1.82) is 0 Å². The molecule has 0 N–H and O–H groups in total. The number of carbonyl (C=O) groups excluding carboxylic acids is 1. The summed E-state index contributed by atoms with van der Waals surface area (Å²) >= 11 is 0. The number of aromatic nitrogens is 1. The average Bonchev–Trinajstić information content (AvgIpc) is 2.48. The molecule has 0 aliphatic heterocycles. The van der Waals surface area contributed by atoms with Crippen molar-refractivity contribution in [3.63, 3.8) is 0 Å². The second kappa shape index (κ2) is 6.05. The fourth-order valence-corrected chi connectivity index (χ4v) is 1.87. The average molecular weight is 310 g/mol. The number of carbonyl (C=O) groups is 1. The Morgan fingerprint density at radius 3 is 2.59 bits per heavy atom. The first-order valence-electron chi connectivity index (χ1n) is 6.31. The summed E-state index contributed by atoms with van der Waals surface area (Å²) in [6.45, 7) is 1.78. The van der Waals surface area contributed by atoms with E-state index in [9.17, 15) is 18.0 Å². The van der Waals surface area contributed by atoms with Crippen LogP contribution in [0.25, 0.3) is 5.69 Å². The van der Waals surface area contributed by atoms with Crippen LogP contribution in [0.4, 0.5) is 18.0 Å². The smallest absolute Gasteiger partial charge is 0.435 e. The van der Waals surface area contributed by atoms with Crippen molar-refractivity contribution in [2.24, 2.45) is 4.99 Å². The van der Waals surface area contributed by atoms with Crippen molar-refractivity contribution >= 4 is 6.09 Å². The molecule has 2 rings (SSSR count). The molecule has 4 nitrogen and oxygen atoms in total. The Morgan fingerprint density at radius 1 is 1.23 bits per heavy atom. The highest BCUT2D eigenvalue weighted by Gasteiger charge is 2.30. The van der Waals surface area contributed by atoms with E-state index in [4.69, 9.17) is 0 Å². The van der Waals surface area contributed by atoms with Crippen LogP contribution < -0.4 is 5.49 Å². The molecule has 1 aromatic carbocycles. The van der Waals surface area contributed by atoms with E-state index < -0.39 is 17.8 Å². The zero-order chi connectivity index (χ0) is 16.3. The number of halogens is 3. The molecule has 1 aromatic heterocycles.